The third kappa shape index (κ3) is 13.8. The molecule has 0 aromatic carbocycles. The van der Waals surface area contributed by atoms with Gasteiger partial charge < -0.3 is 0 Å². The fourth-order valence-electron chi connectivity index (χ4n) is 9.30. The van der Waals surface area contributed by atoms with Crippen LogP contribution in [0.1, 0.15) is 197 Å². The summed E-state index contributed by atoms with van der Waals surface area (Å²) in [7, 11) is 0. The van der Waals surface area contributed by atoms with E-state index in [9.17, 15) is 0 Å². The molecule has 6 aromatic heterocycles. The van der Waals surface area contributed by atoms with Gasteiger partial charge >= 0.3 is 0 Å². The molecule has 0 saturated carbocycles. The van der Waals surface area contributed by atoms with E-state index in [-0.39, 0.29) is 0 Å². The number of hydrogen-bond donors (Lipinski definition) is 0. The van der Waals surface area contributed by atoms with Gasteiger partial charge in [-0.25, -0.2) is 0 Å². The van der Waals surface area contributed by atoms with Crippen molar-refractivity contribution >= 4 is 35.5 Å². The minimum atomic E-state index is 0.532. The molecule has 6 aliphatic carbocycles. The predicted octanol–water partition coefficient (Wildman–Crippen LogP) is 16.5. The highest BCUT2D eigenvalue weighted by Gasteiger charge is 2.18. The standard InChI is InChI=1S/6C11H13N/c1-8(2)9-5-6-11-10(9)4-3-7-12-11;1-8(2)10-6-5-9-4-3-7-12-11(9)10;1-8(2)10-6-9-4-3-5-11(9)12-7-10;2*1-8(2)11-6-9-4-3-5-10(9)7-12-11;1-8(2)10-7-6-9-4-3-5-11(9)12-10/h3-5,7-8H,6H2,1-2H3;3-4,6-8H,5H2,1-2H3;2*3,5-8H,4H2,1-2H3;2*3-4,6-8H,5H2,1-2H3. The lowest BCUT2D eigenvalue weighted by atomic mass is 9.99. The zero-order valence-electron chi connectivity index (χ0n) is 45.2. The highest BCUT2D eigenvalue weighted by atomic mass is 14.7. The van der Waals surface area contributed by atoms with E-state index < -0.39 is 0 Å². The van der Waals surface area contributed by atoms with Crippen molar-refractivity contribution < 1.29 is 0 Å². The molecule has 0 N–H and O–H groups in total. The summed E-state index contributed by atoms with van der Waals surface area (Å²) >= 11 is 0. The molecule has 6 heterocycles. The van der Waals surface area contributed by atoms with Crippen molar-refractivity contribution in [2.24, 2.45) is 11.8 Å². The largest absolute Gasteiger partial charge is 0.261 e. The van der Waals surface area contributed by atoms with E-state index in [4.69, 9.17) is 0 Å². The summed E-state index contributed by atoms with van der Waals surface area (Å²) in [5.74, 6) is 3.41. The molecular formula is C66H78N6. The van der Waals surface area contributed by atoms with E-state index in [0.717, 1.165) is 44.2 Å². The van der Waals surface area contributed by atoms with Crippen LogP contribution in [0.3, 0.4) is 0 Å². The fraction of sp³-hybridized carbons (Fsp3) is 0.364. The van der Waals surface area contributed by atoms with Gasteiger partial charge in [-0.1, -0.05) is 162 Å². The Morgan fingerprint density at radius 3 is 1.75 bits per heavy atom. The van der Waals surface area contributed by atoms with Crippen LogP contribution in [0.25, 0.3) is 35.5 Å². The van der Waals surface area contributed by atoms with Crippen LogP contribution in [-0.2, 0) is 38.5 Å². The van der Waals surface area contributed by atoms with E-state index >= 15 is 0 Å². The molecule has 6 nitrogen and oxygen atoms in total. The quantitative estimate of drug-likeness (QED) is 0.166. The Morgan fingerprint density at radius 1 is 0.389 bits per heavy atom. The Balaban J connectivity index is 0.000000127. The van der Waals surface area contributed by atoms with E-state index in [0.29, 0.717) is 35.5 Å². The van der Waals surface area contributed by atoms with E-state index in [1.807, 2.05) is 43.1 Å². The Morgan fingerprint density at radius 2 is 1.01 bits per heavy atom. The normalized spacial score (nSPS) is 14.2. The lowest BCUT2D eigenvalue weighted by Crippen LogP contribution is -1.96. The van der Waals surface area contributed by atoms with Crippen LogP contribution < -0.4 is 0 Å². The maximum atomic E-state index is 4.59. The average Bonchev–Trinajstić information content (AvgIpc) is 4.24. The number of pyridine rings is 6. The molecule has 72 heavy (non-hydrogen) atoms. The molecule has 0 aliphatic heterocycles. The van der Waals surface area contributed by atoms with Crippen LogP contribution in [0.5, 0.6) is 0 Å². The second-order valence-electron chi connectivity index (χ2n) is 21.3. The van der Waals surface area contributed by atoms with Gasteiger partial charge in [0.2, 0.25) is 0 Å². The van der Waals surface area contributed by atoms with Crippen molar-refractivity contribution in [1.82, 2.24) is 29.9 Å². The molecule has 6 heteroatoms. The van der Waals surface area contributed by atoms with Crippen LogP contribution >= 0.6 is 0 Å². The van der Waals surface area contributed by atoms with Gasteiger partial charge in [0.15, 0.2) is 0 Å². The van der Waals surface area contributed by atoms with Gasteiger partial charge in [0, 0.05) is 60.9 Å². The second-order valence-corrected chi connectivity index (χ2v) is 21.3. The highest BCUT2D eigenvalue weighted by molar-refractivity contribution is 5.73. The van der Waals surface area contributed by atoms with Crippen molar-refractivity contribution in [3.05, 3.63) is 212 Å². The summed E-state index contributed by atoms with van der Waals surface area (Å²) in [6, 6.07) is 19.3. The van der Waals surface area contributed by atoms with Gasteiger partial charge in [-0.3, -0.25) is 29.9 Å². The molecule has 6 aliphatic rings. The van der Waals surface area contributed by atoms with Crippen molar-refractivity contribution in [3.8, 4) is 0 Å². The maximum Gasteiger partial charge on any atom is 0.0696 e. The van der Waals surface area contributed by atoms with Gasteiger partial charge in [-0.2, -0.15) is 0 Å². The number of allylic oxidation sites excluding steroid dienone is 8. The number of aromatic nitrogens is 6. The van der Waals surface area contributed by atoms with Crippen molar-refractivity contribution in [2.75, 3.05) is 0 Å². The number of rotatable bonds is 6. The molecule has 372 valence electrons. The molecular weight excluding hydrogens is 877 g/mol. The summed E-state index contributed by atoms with van der Waals surface area (Å²) in [6.45, 7) is 26.4. The Hall–Kier alpha value is -6.66. The Kier molecular flexibility index (Phi) is 18.6. The maximum absolute atomic E-state index is 4.59. The first kappa shape index (κ1) is 53.1. The molecule has 0 amide bonds. The molecule has 0 bridgehead atoms. The second kappa shape index (κ2) is 25.1. The summed E-state index contributed by atoms with van der Waals surface area (Å²) < 4.78 is 0. The molecule has 0 saturated heterocycles. The number of hydrogen-bond acceptors (Lipinski definition) is 6. The smallest absolute Gasteiger partial charge is 0.0696 e. The molecule has 0 spiro atoms. The van der Waals surface area contributed by atoms with Gasteiger partial charge in [0.1, 0.15) is 0 Å². The van der Waals surface area contributed by atoms with Crippen LogP contribution in [0.4, 0.5) is 0 Å². The summed E-state index contributed by atoms with van der Waals surface area (Å²) in [5, 5.41) is 0. The van der Waals surface area contributed by atoms with Crippen molar-refractivity contribution in [3.63, 3.8) is 0 Å². The molecule has 0 unspecified atom stereocenters. The van der Waals surface area contributed by atoms with Gasteiger partial charge in [-0.05, 0) is 159 Å². The number of fused-ring (bicyclic) bond motifs is 6. The van der Waals surface area contributed by atoms with Crippen LogP contribution in [0.2, 0.25) is 0 Å². The van der Waals surface area contributed by atoms with E-state index in [1.165, 1.54) is 95.4 Å². The highest BCUT2D eigenvalue weighted by Crippen LogP contribution is 2.32. The van der Waals surface area contributed by atoms with E-state index in [2.05, 4.69) is 216 Å². The number of nitrogens with zero attached hydrogens (tertiary/aromatic N) is 6. The zero-order valence-corrected chi connectivity index (χ0v) is 45.2. The van der Waals surface area contributed by atoms with E-state index in [1.54, 1.807) is 0 Å². The summed E-state index contributed by atoms with van der Waals surface area (Å²) in [5.41, 5.74) is 23.5. The van der Waals surface area contributed by atoms with Gasteiger partial charge in [0.05, 0.1) is 22.8 Å². The minimum absolute atomic E-state index is 0.532. The zero-order chi connectivity index (χ0) is 51.3. The van der Waals surface area contributed by atoms with Crippen LogP contribution in [0, 0.1) is 11.8 Å². The lowest BCUT2D eigenvalue weighted by molar-refractivity contribution is 0.812. The molecule has 12 rings (SSSR count). The first-order chi connectivity index (χ1) is 34.7. The first-order valence-corrected chi connectivity index (χ1v) is 26.6. The van der Waals surface area contributed by atoms with Gasteiger partial charge in [0.25, 0.3) is 0 Å². The monoisotopic (exact) mass is 955 g/mol. The summed E-state index contributed by atoms with van der Waals surface area (Å²) in [6.07, 6.45) is 37.9. The first-order valence-electron chi connectivity index (χ1n) is 26.6. The molecule has 0 atom stereocenters. The van der Waals surface area contributed by atoms with Gasteiger partial charge in [-0.15, -0.1) is 0 Å². The predicted molar refractivity (Wildman–Crippen MR) is 306 cm³/mol. The third-order valence-electron chi connectivity index (χ3n) is 13.7. The lowest BCUT2D eigenvalue weighted by Gasteiger charge is -2.07. The molecule has 0 fully saturated rings. The topological polar surface area (TPSA) is 77.3 Å². The Bertz CT molecular complexity index is 2760. The van der Waals surface area contributed by atoms with Crippen LogP contribution in [-0.4, -0.2) is 29.9 Å². The van der Waals surface area contributed by atoms with Crippen molar-refractivity contribution in [2.45, 2.75) is 145 Å². The fourth-order valence-corrected chi connectivity index (χ4v) is 9.30. The van der Waals surface area contributed by atoms with Crippen LogP contribution in [0.15, 0.2) is 122 Å². The Labute approximate surface area is 432 Å². The average molecular weight is 955 g/mol. The SMILES string of the molecule is CC(C)C1=CCc2cccnc21.CC(C)C1=CCc2ncccc21.CC(C)c1cc2c(cn1)C=CC2.CC(C)c1cc2c(cn1)CC=C2.CC(C)c1ccc2c(n1)CC=C2.CC(C)c1cnc2c(c1)CC=C2. The molecule has 6 aromatic rings. The third-order valence-corrected chi connectivity index (χ3v) is 13.7. The van der Waals surface area contributed by atoms with Crippen molar-refractivity contribution in [1.29, 1.82) is 0 Å². The molecule has 0 radical (unpaired) electrons. The minimum Gasteiger partial charge on any atom is -0.261 e. The summed E-state index contributed by atoms with van der Waals surface area (Å²) in [4.78, 5) is 26.5.